The van der Waals surface area contributed by atoms with Crippen LogP contribution in [0.25, 0.3) is 0 Å². The van der Waals surface area contributed by atoms with Gasteiger partial charge in [-0.15, -0.1) is 0 Å². The Labute approximate surface area is 382 Å². The minimum absolute atomic E-state index is 0.0979. The Morgan fingerprint density at radius 3 is 0.984 bits per heavy atom. The van der Waals surface area contributed by atoms with Crippen LogP contribution >= 0.6 is 0 Å². The van der Waals surface area contributed by atoms with Crippen molar-refractivity contribution in [2.24, 2.45) is 0 Å². The number of carbonyl (C=O) groups excluding carboxylic acids is 3. The van der Waals surface area contributed by atoms with Gasteiger partial charge in [-0.25, -0.2) is 0 Å². The fourth-order valence-corrected chi connectivity index (χ4v) is 6.66. The first kappa shape index (κ1) is 58.6. The van der Waals surface area contributed by atoms with Gasteiger partial charge in [0.2, 0.25) is 0 Å². The van der Waals surface area contributed by atoms with Gasteiger partial charge in [-0.2, -0.15) is 0 Å². The van der Waals surface area contributed by atoms with E-state index in [0.29, 0.717) is 19.3 Å². The number of carbonyl (C=O) groups is 3. The number of esters is 3. The van der Waals surface area contributed by atoms with Gasteiger partial charge in [0.15, 0.2) is 6.10 Å². The van der Waals surface area contributed by atoms with E-state index in [1.54, 1.807) is 0 Å². The molecule has 0 saturated heterocycles. The molecule has 0 N–H and O–H groups in total. The molecule has 0 amide bonds. The lowest BCUT2D eigenvalue weighted by Gasteiger charge is -2.18. The van der Waals surface area contributed by atoms with Gasteiger partial charge in [0.1, 0.15) is 13.2 Å². The SMILES string of the molecule is CCCC/C=C\C/C=C\CCCCCCCC(=O)O[C@@H](COC(=O)CCCCC/C=C\C/C=C\C/C=C\C/C=C\CCCCC)COC(=O)CCCCCCC/C=C\CCCC. The highest BCUT2D eigenvalue weighted by atomic mass is 16.6. The molecule has 0 spiro atoms. The quantitative estimate of drug-likeness (QED) is 0.0263. The zero-order valence-corrected chi connectivity index (χ0v) is 40.4. The smallest absolute Gasteiger partial charge is 0.306 e. The van der Waals surface area contributed by atoms with Gasteiger partial charge in [-0.1, -0.05) is 189 Å². The molecule has 0 aromatic carbocycles. The Bertz CT molecular complexity index is 1220. The van der Waals surface area contributed by atoms with Crippen LogP contribution in [0.4, 0.5) is 0 Å². The molecule has 62 heavy (non-hydrogen) atoms. The molecule has 6 heteroatoms. The van der Waals surface area contributed by atoms with E-state index < -0.39 is 6.10 Å². The molecule has 0 aliphatic carbocycles. The third-order valence-electron chi connectivity index (χ3n) is 10.6. The van der Waals surface area contributed by atoms with E-state index in [1.807, 2.05) is 0 Å². The molecule has 0 rings (SSSR count). The van der Waals surface area contributed by atoms with Crippen molar-refractivity contribution in [1.29, 1.82) is 0 Å². The standard InChI is InChI=1S/C56H94O6/c1-4-7-10-13-16-19-22-24-26-27-28-29-30-32-34-37-40-43-46-49-55(58)61-52-53(51-60-54(57)48-45-42-39-36-33-21-18-15-12-9-6-3)62-56(59)50-47-44-41-38-35-31-25-23-20-17-14-11-8-5-2/h14-19,23-26,28-29,32,34,53H,4-13,20-22,27,30-31,33,35-52H2,1-3H3/b17-14-,18-15-,19-16-,25-23-,26-24-,29-28-,34-32-/t53-/m1/s1. The van der Waals surface area contributed by atoms with E-state index in [4.69, 9.17) is 14.2 Å². The fraction of sp³-hybridized carbons (Fsp3) is 0.696. The minimum Gasteiger partial charge on any atom is -0.462 e. The molecule has 354 valence electrons. The van der Waals surface area contributed by atoms with Crippen molar-refractivity contribution in [1.82, 2.24) is 0 Å². The summed E-state index contributed by atoms with van der Waals surface area (Å²) in [7, 11) is 0. The molecule has 0 aromatic rings. The maximum Gasteiger partial charge on any atom is 0.306 e. The normalized spacial score (nSPS) is 12.8. The molecule has 0 aromatic heterocycles. The summed E-state index contributed by atoms with van der Waals surface area (Å²) in [6.45, 7) is 6.47. The Morgan fingerprint density at radius 2 is 0.597 bits per heavy atom. The molecular formula is C56H94O6. The zero-order chi connectivity index (χ0) is 45.1. The van der Waals surface area contributed by atoms with E-state index >= 15 is 0 Å². The maximum absolute atomic E-state index is 12.8. The van der Waals surface area contributed by atoms with Crippen molar-refractivity contribution in [3.63, 3.8) is 0 Å². The van der Waals surface area contributed by atoms with Crippen molar-refractivity contribution in [2.45, 2.75) is 239 Å². The van der Waals surface area contributed by atoms with E-state index in [1.165, 1.54) is 70.6 Å². The lowest BCUT2D eigenvalue weighted by molar-refractivity contribution is -0.167. The molecule has 0 heterocycles. The lowest BCUT2D eigenvalue weighted by atomic mass is 10.1. The van der Waals surface area contributed by atoms with Crippen LogP contribution in [0.1, 0.15) is 233 Å². The van der Waals surface area contributed by atoms with E-state index in [-0.39, 0.29) is 31.1 Å². The molecule has 0 radical (unpaired) electrons. The van der Waals surface area contributed by atoms with E-state index in [9.17, 15) is 14.4 Å². The van der Waals surface area contributed by atoms with Crippen molar-refractivity contribution < 1.29 is 28.6 Å². The molecule has 0 unspecified atom stereocenters. The monoisotopic (exact) mass is 863 g/mol. The van der Waals surface area contributed by atoms with Gasteiger partial charge in [-0.3, -0.25) is 14.4 Å². The van der Waals surface area contributed by atoms with Crippen molar-refractivity contribution in [3.05, 3.63) is 85.1 Å². The number of rotatable bonds is 45. The molecule has 0 saturated carbocycles. The van der Waals surface area contributed by atoms with Crippen LogP contribution in [0.2, 0.25) is 0 Å². The molecular weight excluding hydrogens is 769 g/mol. The maximum atomic E-state index is 12.8. The second-order valence-electron chi connectivity index (χ2n) is 16.7. The molecule has 1 atom stereocenters. The highest BCUT2D eigenvalue weighted by Gasteiger charge is 2.19. The number of unbranched alkanes of at least 4 members (excludes halogenated alkanes) is 20. The van der Waals surface area contributed by atoms with Crippen LogP contribution in [0.15, 0.2) is 85.1 Å². The van der Waals surface area contributed by atoms with E-state index in [0.717, 1.165) is 122 Å². The van der Waals surface area contributed by atoms with Crippen LogP contribution in [0, 0.1) is 0 Å². The Kier molecular flexibility index (Phi) is 47.5. The van der Waals surface area contributed by atoms with E-state index in [2.05, 4.69) is 106 Å². The second kappa shape index (κ2) is 50.2. The second-order valence-corrected chi connectivity index (χ2v) is 16.7. The van der Waals surface area contributed by atoms with Gasteiger partial charge in [0, 0.05) is 19.3 Å². The van der Waals surface area contributed by atoms with Crippen LogP contribution in [0.3, 0.4) is 0 Å². The lowest BCUT2D eigenvalue weighted by Crippen LogP contribution is -2.30. The fourth-order valence-electron chi connectivity index (χ4n) is 6.66. The number of allylic oxidation sites excluding steroid dienone is 14. The van der Waals surface area contributed by atoms with Crippen LogP contribution in [-0.2, 0) is 28.6 Å². The highest BCUT2D eigenvalue weighted by Crippen LogP contribution is 2.13. The Balaban J connectivity index is 4.45. The Morgan fingerprint density at radius 1 is 0.323 bits per heavy atom. The average molecular weight is 863 g/mol. The van der Waals surface area contributed by atoms with Crippen LogP contribution in [0.5, 0.6) is 0 Å². The Hall–Kier alpha value is -3.41. The predicted molar refractivity (Wildman–Crippen MR) is 265 cm³/mol. The highest BCUT2D eigenvalue weighted by molar-refractivity contribution is 5.71. The average Bonchev–Trinajstić information content (AvgIpc) is 3.27. The molecule has 0 fully saturated rings. The summed E-state index contributed by atoms with van der Waals surface area (Å²) < 4.78 is 16.7. The topological polar surface area (TPSA) is 78.9 Å². The van der Waals surface area contributed by atoms with Crippen molar-refractivity contribution >= 4 is 17.9 Å². The van der Waals surface area contributed by atoms with Crippen molar-refractivity contribution in [3.8, 4) is 0 Å². The summed E-state index contributed by atoms with van der Waals surface area (Å²) in [5.74, 6) is -0.956. The third kappa shape index (κ3) is 47.6. The largest absolute Gasteiger partial charge is 0.462 e. The van der Waals surface area contributed by atoms with Crippen LogP contribution < -0.4 is 0 Å². The van der Waals surface area contributed by atoms with Gasteiger partial charge < -0.3 is 14.2 Å². The predicted octanol–water partition coefficient (Wildman–Crippen LogP) is 16.8. The zero-order valence-electron chi connectivity index (χ0n) is 40.4. The summed E-state index contributed by atoms with van der Waals surface area (Å²) in [4.78, 5) is 37.9. The first-order chi connectivity index (χ1) is 30.5. The first-order valence-electron chi connectivity index (χ1n) is 25.6. The van der Waals surface area contributed by atoms with Crippen molar-refractivity contribution in [2.75, 3.05) is 13.2 Å². The van der Waals surface area contributed by atoms with Gasteiger partial charge in [-0.05, 0) is 109 Å². The summed E-state index contributed by atoms with van der Waals surface area (Å²) in [5.41, 5.74) is 0. The molecule has 0 aliphatic heterocycles. The first-order valence-corrected chi connectivity index (χ1v) is 25.6. The summed E-state index contributed by atoms with van der Waals surface area (Å²) >= 11 is 0. The summed E-state index contributed by atoms with van der Waals surface area (Å²) in [5, 5.41) is 0. The number of hydrogen-bond donors (Lipinski definition) is 0. The summed E-state index contributed by atoms with van der Waals surface area (Å²) in [6.07, 6.45) is 64.2. The number of ether oxygens (including phenoxy) is 3. The van der Waals surface area contributed by atoms with Gasteiger partial charge >= 0.3 is 17.9 Å². The number of hydrogen-bond acceptors (Lipinski definition) is 6. The third-order valence-corrected chi connectivity index (χ3v) is 10.6. The molecule has 6 nitrogen and oxygen atoms in total. The van der Waals surface area contributed by atoms with Crippen LogP contribution in [-0.4, -0.2) is 37.2 Å². The van der Waals surface area contributed by atoms with Gasteiger partial charge in [0.25, 0.3) is 0 Å². The molecule has 0 bridgehead atoms. The van der Waals surface area contributed by atoms with Gasteiger partial charge in [0.05, 0.1) is 0 Å². The summed E-state index contributed by atoms with van der Waals surface area (Å²) in [6, 6.07) is 0. The molecule has 0 aliphatic rings. The minimum atomic E-state index is -0.800.